The van der Waals surface area contributed by atoms with Gasteiger partial charge < -0.3 is 4.74 Å². The number of aryl methyl sites for hydroxylation is 1. The molecular weight excluding hydrogens is 329 g/mol. The van der Waals surface area contributed by atoms with E-state index in [1.165, 1.54) is 36.9 Å². The molecule has 0 bridgehead atoms. The molecule has 1 aliphatic rings. The first-order valence-corrected chi connectivity index (χ1v) is 7.51. The van der Waals surface area contributed by atoms with E-state index in [2.05, 4.69) is 4.98 Å². The molecule has 0 saturated heterocycles. The fraction of sp³-hybridized carbons (Fsp3) is 0.176. The van der Waals surface area contributed by atoms with E-state index in [1.807, 2.05) is 0 Å². The standard InChI is InChI=1S/C17H12FN3O4/c1-20-14-13(15(22)21(2)17(20)24)11(8-4-3-5-9(18)6-8)12-10(19-14)7-25-16(12)23/h3-6H,7H2,1-2H3/p+1. The van der Waals surface area contributed by atoms with Gasteiger partial charge in [-0.3, -0.25) is 4.79 Å². The molecule has 0 amide bonds. The van der Waals surface area contributed by atoms with Crippen LogP contribution < -0.4 is 16.2 Å². The molecule has 0 atom stereocenters. The Morgan fingerprint density at radius 3 is 2.60 bits per heavy atom. The smallest absolute Gasteiger partial charge is 0.417 e. The zero-order valence-corrected chi connectivity index (χ0v) is 13.4. The molecule has 0 fully saturated rings. The van der Waals surface area contributed by atoms with Gasteiger partial charge in [0.25, 0.3) is 11.2 Å². The second-order valence-corrected chi connectivity index (χ2v) is 5.87. The zero-order chi connectivity index (χ0) is 17.9. The quantitative estimate of drug-likeness (QED) is 0.604. The SMILES string of the molecule is Cn1c(=O)c2c(-c3cccc(F)c3)c3c([nH+]c2n(C)c1=O)COC3=O. The highest BCUT2D eigenvalue weighted by Gasteiger charge is 2.34. The van der Waals surface area contributed by atoms with Crippen LogP contribution in [0.2, 0.25) is 0 Å². The summed E-state index contributed by atoms with van der Waals surface area (Å²) in [5.41, 5.74) is 0.435. The van der Waals surface area contributed by atoms with Crippen molar-refractivity contribution in [3.8, 4) is 11.1 Å². The monoisotopic (exact) mass is 342 g/mol. The summed E-state index contributed by atoms with van der Waals surface area (Å²) in [6, 6.07) is 5.61. The number of esters is 1. The van der Waals surface area contributed by atoms with Crippen LogP contribution in [0.4, 0.5) is 4.39 Å². The first-order valence-electron chi connectivity index (χ1n) is 7.51. The van der Waals surface area contributed by atoms with Gasteiger partial charge >= 0.3 is 11.7 Å². The van der Waals surface area contributed by atoms with Crippen molar-refractivity contribution in [2.24, 2.45) is 14.1 Å². The van der Waals surface area contributed by atoms with Crippen LogP contribution in [0.25, 0.3) is 22.2 Å². The van der Waals surface area contributed by atoms with Crippen molar-refractivity contribution >= 4 is 17.0 Å². The third-order valence-corrected chi connectivity index (χ3v) is 4.40. The summed E-state index contributed by atoms with van der Waals surface area (Å²) in [5, 5.41) is 0.132. The van der Waals surface area contributed by atoms with E-state index in [9.17, 15) is 18.8 Å². The number of nitrogens with one attached hydrogen (secondary N) is 1. The predicted octanol–water partition coefficient (Wildman–Crippen LogP) is 0.528. The molecule has 0 radical (unpaired) electrons. The maximum absolute atomic E-state index is 13.8. The Bertz CT molecular complexity index is 1190. The summed E-state index contributed by atoms with van der Waals surface area (Å²) >= 11 is 0. The molecule has 8 heteroatoms. The molecule has 25 heavy (non-hydrogen) atoms. The number of cyclic esters (lactones) is 1. The van der Waals surface area contributed by atoms with Gasteiger partial charge in [-0.2, -0.15) is 4.57 Å². The Hall–Kier alpha value is -3.29. The Kier molecular flexibility index (Phi) is 3.11. The summed E-state index contributed by atoms with van der Waals surface area (Å²) in [6.07, 6.45) is 0. The molecule has 0 aliphatic carbocycles. The van der Waals surface area contributed by atoms with E-state index < -0.39 is 23.0 Å². The highest BCUT2D eigenvalue weighted by Crippen LogP contribution is 2.33. The van der Waals surface area contributed by atoms with E-state index in [4.69, 9.17) is 4.74 Å². The number of fused-ring (bicyclic) bond motifs is 2. The maximum atomic E-state index is 13.8. The number of rotatable bonds is 1. The fourth-order valence-electron chi connectivity index (χ4n) is 3.17. The van der Waals surface area contributed by atoms with Crippen LogP contribution in [0.5, 0.6) is 0 Å². The minimum absolute atomic E-state index is 0.00414. The molecule has 0 spiro atoms. The topological polar surface area (TPSA) is 84.4 Å². The van der Waals surface area contributed by atoms with Gasteiger partial charge in [-0.1, -0.05) is 12.1 Å². The first kappa shape index (κ1) is 15.3. The largest absolute Gasteiger partial charge is 0.453 e. The summed E-state index contributed by atoms with van der Waals surface area (Å²) in [5.74, 6) is -1.09. The summed E-state index contributed by atoms with van der Waals surface area (Å²) in [7, 11) is 2.87. The molecule has 3 heterocycles. The van der Waals surface area contributed by atoms with Crippen LogP contribution in [-0.2, 0) is 25.4 Å². The number of hydrogen-bond donors (Lipinski definition) is 0. The van der Waals surface area contributed by atoms with Crippen LogP contribution >= 0.6 is 0 Å². The summed E-state index contributed by atoms with van der Waals surface area (Å²) in [4.78, 5) is 40.2. The number of aromatic amines is 1. The van der Waals surface area contributed by atoms with Gasteiger partial charge in [0.05, 0.1) is 7.05 Å². The minimum Gasteiger partial charge on any atom is -0.453 e. The van der Waals surface area contributed by atoms with Crippen molar-refractivity contribution in [1.29, 1.82) is 0 Å². The van der Waals surface area contributed by atoms with Gasteiger partial charge in [-0.15, -0.1) is 0 Å². The van der Waals surface area contributed by atoms with Crippen molar-refractivity contribution in [2.45, 2.75) is 6.61 Å². The lowest BCUT2D eigenvalue weighted by molar-refractivity contribution is -0.365. The normalized spacial score (nSPS) is 13.2. The van der Waals surface area contributed by atoms with Crippen molar-refractivity contribution in [2.75, 3.05) is 0 Å². The maximum Gasteiger partial charge on any atom is 0.417 e. The van der Waals surface area contributed by atoms with Gasteiger partial charge in [0, 0.05) is 12.6 Å². The van der Waals surface area contributed by atoms with E-state index >= 15 is 0 Å². The fourth-order valence-corrected chi connectivity index (χ4v) is 3.17. The van der Waals surface area contributed by atoms with E-state index in [0.717, 1.165) is 4.57 Å². The predicted molar refractivity (Wildman–Crippen MR) is 85.5 cm³/mol. The van der Waals surface area contributed by atoms with Crippen LogP contribution in [0.3, 0.4) is 0 Å². The average molecular weight is 342 g/mol. The molecule has 1 aromatic carbocycles. The van der Waals surface area contributed by atoms with Gasteiger partial charge in [-0.25, -0.2) is 23.5 Å². The molecule has 3 aromatic rings. The molecule has 1 aliphatic heterocycles. The number of hydrogen-bond acceptors (Lipinski definition) is 4. The van der Waals surface area contributed by atoms with E-state index in [-0.39, 0.29) is 28.8 Å². The number of carbonyl (C=O) groups is 1. The zero-order valence-electron chi connectivity index (χ0n) is 13.4. The molecule has 126 valence electrons. The lowest BCUT2D eigenvalue weighted by Gasteiger charge is -2.09. The van der Waals surface area contributed by atoms with Crippen LogP contribution in [0.1, 0.15) is 16.1 Å². The van der Waals surface area contributed by atoms with Crippen LogP contribution in [0, 0.1) is 5.82 Å². The van der Waals surface area contributed by atoms with Crippen molar-refractivity contribution in [1.82, 2.24) is 9.13 Å². The Morgan fingerprint density at radius 2 is 1.88 bits per heavy atom. The Balaban J connectivity index is 2.31. The highest BCUT2D eigenvalue weighted by molar-refractivity contribution is 6.07. The van der Waals surface area contributed by atoms with Crippen LogP contribution in [0.15, 0.2) is 33.9 Å². The number of pyridine rings is 1. The third-order valence-electron chi connectivity index (χ3n) is 4.40. The second kappa shape index (κ2) is 5.10. The summed E-state index contributed by atoms with van der Waals surface area (Å²) < 4.78 is 21.1. The van der Waals surface area contributed by atoms with Crippen LogP contribution in [-0.4, -0.2) is 15.1 Å². The number of benzene rings is 1. The molecule has 4 rings (SSSR count). The third kappa shape index (κ3) is 2.03. The number of ether oxygens (including phenoxy) is 1. The average Bonchev–Trinajstić information content (AvgIpc) is 2.97. The molecule has 7 nitrogen and oxygen atoms in total. The molecule has 1 N–H and O–H groups in total. The van der Waals surface area contributed by atoms with Crippen molar-refractivity contribution in [3.05, 3.63) is 62.2 Å². The Labute approximate surface area is 139 Å². The van der Waals surface area contributed by atoms with E-state index in [0.29, 0.717) is 11.3 Å². The van der Waals surface area contributed by atoms with Gasteiger partial charge in [0.15, 0.2) is 12.3 Å². The molecular formula is C17H13FN3O4+. The molecule has 2 aromatic heterocycles. The van der Waals surface area contributed by atoms with Gasteiger partial charge in [0.2, 0.25) is 0 Å². The van der Waals surface area contributed by atoms with E-state index in [1.54, 1.807) is 6.07 Å². The molecule has 0 saturated carbocycles. The number of halogens is 1. The lowest BCUT2D eigenvalue weighted by atomic mass is 9.96. The highest BCUT2D eigenvalue weighted by atomic mass is 19.1. The van der Waals surface area contributed by atoms with Crippen molar-refractivity contribution in [3.63, 3.8) is 0 Å². The first-order chi connectivity index (χ1) is 11.9. The van der Waals surface area contributed by atoms with Gasteiger partial charge in [0.1, 0.15) is 16.8 Å². The second-order valence-electron chi connectivity index (χ2n) is 5.87. The lowest BCUT2D eigenvalue weighted by Crippen LogP contribution is -2.40. The number of aromatic nitrogens is 3. The minimum atomic E-state index is -0.594. The van der Waals surface area contributed by atoms with Crippen molar-refractivity contribution < 1.29 is 18.9 Å². The number of carbonyl (C=O) groups excluding carboxylic acids is 1. The molecule has 0 unspecified atom stereocenters. The number of H-pyrrole nitrogens is 1. The number of nitrogens with zero attached hydrogens (tertiary/aromatic N) is 2. The summed E-state index contributed by atoms with van der Waals surface area (Å²) in [6.45, 7) is -0.00414. The van der Waals surface area contributed by atoms with Gasteiger partial charge in [-0.05, 0) is 17.7 Å². The Morgan fingerprint density at radius 1 is 1.12 bits per heavy atom.